The molecule has 7 heteroatoms. The van der Waals surface area contributed by atoms with Crippen molar-refractivity contribution in [2.24, 2.45) is 5.92 Å². The zero-order chi connectivity index (χ0) is 20.8. The maximum Gasteiger partial charge on any atom is 0.314 e. The Morgan fingerprint density at radius 1 is 1.21 bits per heavy atom. The third-order valence-corrected chi connectivity index (χ3v) is 5.79. The number of nitrogens with one attached hydrogen (secondary N) is 1. The summed E-state index contributed by atoms with van der Waals surface area (Å²) in [4.78, 5) is 25.9. The molecule has 2 aromatic rings. The van der Waals surface area contributed by atoms with Crippen molar-refractivity contribution in [3.05, 3.63) is 58.3 Å². The summed E-state index contributed by atoms with van der Waals surface area (Å²) in [5.74, 6) is 0.118. The molecule has 1 N–H and O–H groups in total. The van der Waals surface area contributed by atoms with Crippen LogP contribution in [-0.2, 0) is 9.53 Å². The first-order valence-electron chi connectivity index (χ1n) is 9.48. The second-order valence-electron chi connectivity index (χ2n) is 6.68. The third-order valence-electron chi connectivity index (χ3n) is 4.92. The lowest BCUT2D eigenvalue weighted by Gasteiger charge is -2.24. The number of hydrogen-bond acceptors (Lipinski definition) is 6. The van der Waals surface area contributed by atoms with Crippen LogP contribution in [0.25, 0.3) is 0 Å². The van der Waals surface area contributed by atoms with Gasteiger partial charge in [-0.05, 0) is 48.9 Å². The van der Waals surface area contributed by atoms with Gasteiger partial charge in [0.1, 0.15) is 11.5 Å². The number of methoxy groups -OCH3 is 2. The van der Waals surface area contributed by atoms with E-state index < -0.39 is 5.92 Å². The lowest BCUT2D eigenvalue weighted by molar-refractivity contribution is -0.146. The molecule has 0 fully saturated rings. The van der Waals surface area contributed by atoms with Crippen LogP contribution in [0.4, 0.5) is 0 Å². The summed E-state index contributed by atoms with van der Waals surface area (Å²) in [5.41, 5.74) is 0.713. The molecule has 29 heavy (non-hydrogen) atoms. The first kappa shape index (κ1) is 20.9. The van der Waals surface area contributed by atoms with Crippen LogP contribution in [0.3, 0.4) is 0 Å². The van der Waals surface area contributed by atoms with E-state index >= 15 is 0 Å². The van der Waals surface area contributed by atoms with E-state index in [2.05, 4.69) is 5.32 Å². The maximum atomic E-state index is 12.9. The molecule has 0 unspecified atom stereocenters. The topological polar surface area (TPSA) is 73.9 Å². The van der Waals surface area contributed by atoms with E-state index in [9.17, 15) is 9.59 Å². The smallest absolute Gasteiger partial charge is 0.314 e. The predicted octanol–water partition coefficient (Wildman–Crippen LogP) is 3.79. The van der Waals surface area contributed by atoms with Crippen LogP contribution >= 0.6 is 11.3 Å². The molecular formula is C22H25NO5S. The van der Waals surface area contributed by atoms with E-state index in [-0.39, 0.29) is 30.4 Å². The molecule has 0 bridgehead atoms. The number of hydrogen-bond donors (Lipinski definition) is 1. The summed E-state index contributed by atoms with van der Waals surface area (Å²) in [5, 5.41) is 4.89. The Labute approximate surface area is 174 Å². The van der Waals surface area contributed by atoms with Gasteiger partial charge in [0.05, 0.1) is 31.6 Å². The summed E-state index contributed by atoms with van der Waals surface area (Å²) in [6.45, 7) is 2.07. The van der Waals surface area contributed by atoms with Crippen molar-refractivity contribution >= 4 is 23.2 Å². The Bertz CT molecular complexity index is 877. The van der Waals surface area contributed by atoms with Crippen molar-refractivity contribution in [2.75, 3.05) is 20.8 Å². The molecule has 3 atom stereocenters. The average Bonchev–Trinajstić information content (AvgIpc) is 3.41. The molecule has 0 saturated carbocycles. The number of carbonyl (C=O) groups excluding carboxylic acids is 2. The van der Waals surface area contributed by atoms with Gasteiger partial charge in [0, 0.05) is 11.6 Å². The highest BCUT2D eigenvalue weighted by Gasteiger charge is 2.36. The van der Waals surface area contributed by atoms with Crippen LogP contribution in [-0.4, -0.2) is 38.7 Å². The number of esters is 1. The fourth-order valence-electron chi connectivity index (χ4n) is 3.58. The van der Waals surface area contributed by atoms with E-state index in [1.807, 2.05) is 29.7 Å². The van der Waals surface area contributed by atoms with Gasteiger partial charge in [-0.3, -0.25) is 9.59 Å². The number of rotatable bonds is 8. The standard InChI is InChI=1S/C22H25NO5S/c1-4-28-22(25)20(17-13-16(26-2)9-10-18(17)27-3)14-7-8-15(12-14)23-21(24)19-6-5-11-29-19/h5-11,13-15,20H,4,12H2,1-3H3,(H,23,24)/t14-,15+,20-/m0/s1. The molecular weight excluding hydrogens is 390 g/mol. The van der Waals surface area contributed by atoms with Crippen molar-refractivity contribution in [1.82, 2.24) is 5.32 Å². The van der Waals surface area contributed by atoms with E-state index in [1.165, 1.54) is 11.3 Å². The molecule has 1 heterocycles. The van der Waals surface area contributed by atoms with Crippen LogP contribution in [0.2, 0.25) is 0 Å². The van der Waals surface area contributed by atoms with Crippen LogP contribution in [0.1, 0.15) is 34.5 Å². The zero-order valence-corrected chi connectivity index (χ0v) is 17.5. The van der Waals surface area contributed by atoms with E-state index in [4.69, 9.17) is 14.2 Å². The van der Waals surface area contributed by atoms with Gasteiger partial charge in [-0.1, -0.05) is 18.2 Å². The molecule has 3 rings (SSSR count). The number of carbonyl (C=O) groups is 2. The van der Waals surface area contributed by atoms with Gasteiger partial charge in [0.25, 0.3) is 5.91 Å². The second-order valence-corrected chi connectivity index (χ2v) is 7.63. The van der Waals surface area contributed by atoms with Crippen molar-refractivity contribution < 1.29 is 23.8 Å². The normalized spacial score (nSPS) is 18.9. The van der Waals surface area contributed by atoms with E-state index in [1.54, 1.807) is 39.3 Å². The van der Waals surface area contributed by atoms with Crippen LogP contribution in [0, 0.1) is 5.92 Å². The largest absolute Gasteiger partial charge is 0.497 e. The minimum Gasteiger partial charge on any atom is -0.497 e. The van der Waals surface area contributed by atoms with Crippen molar-refractivity contribution in [3.63, 3.8) is 0 Å². The average molecular weight is 416 g/mol. The molecule has 0 spiro atoms. The fraction of sp³-hybridized carbons (Fsp3) is 0.364. The minimum absolute atomic E-state index is 0.109. The van der Waals surface area contributed by atoms with Gasteiger partial charge in [0.15, 0.2) is 0 Å². The van der Waals surface area contributed by atoms with Gasteiger partial charge >= 0.3 is 5.97 Å². The lowest BCUT2D eigenvalue weighted by atomic mass is 9.84. The quantitative estimate of drug-likeness (QED) is 0.525. The second kappa shape index (κ2) is 9.60. The van der Waals surface area contributed by atoms with Crippen LogP contribution in [0.5, 0.6) is 11.5 Å². The van der Waals surface area contributed by atoms with Crippen molar-refractivity contribution in [1.29, 1.82) is 0 Å². The van der Waals surface area contributed by atoms with Gasteiger partial charge in [-0.15, -0.1) is 11.3 Å². The summed E-state index contributed by atoms with van der Waals surface area (Å²) in [7, 11) is 3.15. The molecule has 1 aromatic heterocycles. The molecule has 1 aliphatic carbocycles. The highest BCUT2D eigenvalue weighted by molar-refractivity contribution is 7.12. The minimum atomic E-state index is -0.556. The molecule has 1 aromatic carbocycles. The Kier molecular flexibility index (Phi) is 6.93. The summed E-state index contributed by atoms with van der Waals surface area (Å²) >= 11 is 1.40. The summed E-state index contributed by atoms with van der Waals surface area (Å²) in [6.07, 6.45) is 4.51. The summed E-state index contributed by atoms with van der Waals surface area (Å²) in [6, 6.07) is 8.88. The number of allylic oxidation sites excluding steroid dienone is 1. The molecule has 6 nitrogen and oxygen atoms in total. The highest BCUT2D eigenvalue weighted by Crippen LogP contribution is 2.40. The zero-order valence-electron chi connectivity index (χ0n) is 16.7. The third kappa shape index (κ3) is 4.79. The number of amides is 1. The number of thiophene rings is 1. The molecule has 1 aliphatic rings. The lowest BCUT2D eigenvalue weighted by Crippen LogP contribution is -2.33. The van der Waals surface area contributed by atoms with Gasteiger partial charge in [-0.25, -0.2) is 0 Å². The van der Waals surface area contributed by atoms with Gasteiger partial charge < -0.3 is 19.5 Å². The van der Waals surface area contributed by atoms with Crippen molar-refractivity contribution in [2.45, 2.75) is 25.3 Å². The Morgan fingerprint density at radius 3 is 2.69 bits per heavy atom. The number of benzene rings is 1. The Balaban J connectivity index is 1.83. The van der Waals surface area contributed by atoms with Gasteiger partial charge in [-0.2, -0.15) is 0 Å². The molecule has 0 saturated heterocycles. The molecule has 0 aliphatic heterocycles. The maximum absolute atomic E-state index is 12.9. The highest BCUT2D eigenvalue weighted by atomic mass is 32.1. The Morgan fingerprint density at radius 2 is 2.03 bits per heavy atom. The van der Waals surface area contributed by atoms with E-state index in [0.717, 1.165) is 0 Å². The molecule has 154 valence electrons. The fourth-order valence-corrected chi connectivity index (χ4v) is 4.20. The van der Waals surface area contributed by atoms with Crippen LogP contribution < -0.4 is 14.8 Å². The van der Waals surface area contributed by atoms with E-state index in [0.29, 0.717) is 28.4 Å². The predicted molar refractivity (Wildman–Crippen MR) is 112 cm³/mol. The summed E-state index contributed by atoms with van der Waals surface area (Å²) < 4.78 is 16.2. The Hall–Kier alpha value is -2.80. The monoisotopic (exact) mass is 415 g/mol. The first-order chi connectivity index (χ1) is 14.1. The SMILES string of the molecule is CCOC(=O)[C@H](c1cc(OC)ccc1OC)[C@H]1C=C[C@@H](NC(=O)c2cccs2)C1. The van der Waals surface area contributed by atoms with Crippen LogP contribution in [0.15, 0.2) is 47.9 Å². The molecule has 1 amide bonds. The van der Waals surface area contributed by atoms with Crippen molar-refractivity contribution in [3.8, 4) is 11.5 Å². The first-order valence-corrected chi connectivity index (χ1v) is 10.4. The van der Waals surface area contributed by atoms with Gasteiger partial charge in [0.2, 0.25) is 0 Å². The molecule has 0 radical (unpaired) electrons. The number of ether oxygens (including phenoxy) is 3.